The lowest BCUT2D eigenvalue weighted by Crippen LogP contribution is -2.29. The molecule has 0 radical (unpaired) electrons. The summed E-state index contributed by atoms with van der Waals surface area (Å²) in [5.41, 5.74) is 2.53. The Bertz CT molecular complexity index is 421. The van der Waals surface area contributed by atoms with E-state index in [0.717, 1.165) is 31.1 Å². The fourth-order valence-electron chi connectivity index (χ4n) is 2.34. The molecule has 4 nitrogen and oxygen atoms in total. The van der Waals surface area contributed by atoms with Gasteiger partial charge in [-0.15, -0.1) is 0 Å². The van der Waals surface area contributed by atoms with Crippen LogP contribution < -0.4 is 20.1 Å². The Hall–Kier alpha value is -1.26. The summed E-state index contributed by atoms with van der Waals surface area (Å²) in [4.78, 5) is 0. The van der Waals surface area contributed by atoms with Crippen LogP contribution in [0.2, 0.25) is 0 Å². The second-order valence-electron chi connectivity index (χ2n) is 5.09. The van der Waals surface area contributed by atoms with E-state index >= 15 is 0 Å². The normalized spacial score (nSPS) is 14.7. The van der Waals surface area contributed by atoms with Gasteiger partial charge in [-0.2, -0.15) is 0 Å². The van der Waals surface area contributed by atoms with Crippen molar-refractivity contribution < 1.29 is 9.47 Å². The molecule has 106 valence electrons. The molecule has 1 aromatic rings. The molecule has 0 spiro atoms. The molecule has 4 heteroatoms. The van der Waals surface area contributed by atoms with Crippen molar-refractivity contribution in [3.63, 3.8) is 0 Å². The van der Waals surface area contributed by atoms with E-state index in [4.69, 9.17) is 9.47 Å². The van der Waals surface area contributed by atoms with Crippen LogP contribution in [0.3, 0.4) is 0 Å². The Morgan fingerprint density at radius 2 is 1.95 bits per heavy atom. The molecular weight excluding hydrogens is 240 g/mol. The second kappa shape index (κ2) is 6.78. The molecule has 0 amide bonds. The Kier molecular flexibility index (Phi) is 5.05. The van der Waals surface area contributed by atoms with Gasteiger partial charge >= 0.3 is 0 Å². The fourth-order valence-corrected chi connectivity index (χ4v) is 2.34. The van der Waals surface area contributed by atoms with Crippen LogP contribution in [-0.2, 0) is 6.54 Å². The number of benzene rings is 1. The van der Waals surface area contributed by atoms with Crippen LogP contribution in [0, 0.1) is 12.8 Å². The minimum absolute atomic E-state index is 0.339. The molecule has 2 N–H and O–H groups in total. The molecule has 2 rings (SSSR count). The molecular formula is C15H24N2O2. The van der Waals surface area contributed by atoms with Gasteiger partial charge in [-0.25, -0.2) is 0 Å². The van der Waals surface area contributed by atoms with Crippen LogP contribution in [0.4, 0.5) is 0 Å². The lowest BCUT2D eigenvalue weighted by atomic mass is 10.1. The van der Waals surface area contributed by atoms with Crippen molar-refractivity contribution in [2.45, 2.75) is 26.8 Å². The fraction of sp³-hybridized carbons (Fsp3) is 0.600. The van der Waals surface area contributed by atoms with Crippen molar-refractivity contribution in [2.75, 3.05) is 26.9 Å². The topological polar surface area (TPSA) is 42.5 Å². The van der Waals surface area contributed by atoms with E-state index in [9.17, 15) is 0 Å². The first-order valence-corrected chi connectivity index (χ1v) is 6.99. The largest absolute Gasteiger partial charge is 0.454 e. The van der Waals surface area contributed by atoms with Gasteiger partial charge in [0.25, 0.3) is 0 Å². The van der Waals surface area contributed by atoms with Crippen LogP contribution >= 0.6 is 0 Å². The quantitative estimate of drug-likeness (QED) is 0.791. The highest BCUT2D eigenvalue weighted by molar-refractivity contribution is 5.48. The monoisotopic (exact) mass is 264 g/mol. The Morgan fingerprint density at radius 1 is 1.21 bits per heavy atom. The third-order valence-corrected chi connectivity index (χ3v) is 3.65. The van der Waals surface area contributed by atoms with E-state index in [0.29, 0.717) is 12.7 Å². The zero-order chi connectivity index (χ0) is 13.7. The molecule has 1 heterocycles. The summed E-state index contributed by atoms with van der Waals surface area (Å²) in [6.07, 6.45) is 1.19. The highest BCUT2D eigenvalue weighted by atomic mass is 16.7. The first kappa shape index (κ1) is 14.2. The molecule has 0 aromatic heterocycles. The van der Waals surface area contributed by atoms with Gasteiger partial charge in [-0.3, -0.25) is 0 Å². The summed E-state index contributed by atoms with van der Waals surface area (Å²) in [5, 5.41) is 6.77. The molecule has 1 aliphatic rings. The summed E-state index contributed by atoms with van der Waals surface area (Å²) >= 11 is 0. The smallest absolute Gasteiger partial charge is 0.231 e. The van der Waals surface area contributed by atoms with Gasteiger partial charge in [0.2, 0.25) is 6.79 Å². The van der Waals surface area contributed by atoms with Crippen molar-refractivity contribution in [3.05, 3.63) is 23.3 Å². The van der Waals surface area contributed by atoms with E-state index in [1.807, 2.05) is 7.05 Å². The second-order valence-corrected chi connectivity index (χ2v) is 5.09. The molecule has 1 aromatic carbocycles. The summed E-state index contributed by atoms with van der Waals surface area (Å²) in [6, 6.07) is 4.15. The highest BCUT2D eigenvalue weighted by Crippen LogP contribution is 2.34. The number of rotatable bonds is 7. The van der Waals surface area contributed by atoms with Gasteiger partial charge in [0.1, 0.15) is 0 Å². The van der Waals surface area contributed by atoms with Gasteiger partial charge < -0.3 is 20.1 Å². The zero-order valence-electron chi connectivity index (χ0n) is 12.1. The average Bonchev–Trinajstić information content (AvgIpc) is 2.84. The van der Waals surface area contributed by atoms with Crippen molar-refractivity contribution in [1.82, 2.24) is 10.6 Å². The lowest BCUT2D eigenvalue weighted by Gasteiger charge is -2.16. The summed E-state index contributed by atoms with van der Waals surface area (Å²) in [6.45, 7) is 7.66. The van der Waals surface area contributed by atoms with Crippen molar-refractivity contribution in [1.29, 1.82) is 0 Å². The minimum atomic E-state index is 0.339. The van der Waals surface area contributed by atoms with Crippen molar-refractivity contribution in [2.24, 2.45) is 5.92 Å². The minimum Gasteiger partial charge on any atom is -0.454 e. The van der Waals surface area contributed by atoms with Crippen LogP contribution in [-0.4, -0.2) is 26.9 Å². The Labute approximate surface area is 115 Å². The third kappa shape index (κ3) is 3.61. The first-order chi connectivity index (χ1) is 9.24. The van der Waals surface area contributed by atoms with Crippen LogP contribution in [0.1, 0.15) is 24.5 Å². The predicted molar refractivity (Wildman–Crippen MR) is 76.7 cm³/mol. The Balaban J connectivity index is 1.89. The van der Waals surface area contributed by atoms with Crippen LogP contribution in [0.15, 0.2) is 12.1 Å². The SMILES string of the molecule is CCC(CNC)CNCc1cc2c(cc1C)OCO2. The number of aryl methyl sites for hydroxylation is 1. The van der Waals surface area contributed by atoms with Crippen molar-refractivity contribution in [3.8, 4) is 11.5 Å². The molecule has 1 unspecified atom stereocenters. The number of nitrogens with one attached hydrogen (secondary N) is 2. The summed E-state index contributed by atoms with van der Waals surface area (Å²) < 4.78 is 10.8. The van der Waals surface area contributed by atoms with Gasteiger partial charge in [0.05, 0.1) is 0 Å². The van der Waals surface area contributed by atoms with E-state index in [1.54, 1.807) is 0 Å². The maximum Gasteiger partial charge on any atom is 0.231 e. The lowest BCUT2D eigenvalue weighted by molar-refractivity contribution is 0.174. The van der Waals surface area contributed by atoms with Crippen molar-refractivity contribution >= 4 is 0 Å². The molecule has 1 aliphatic heterocycles. The molecule has 0 fully saturated rings. The number of fused-ring (bicyclic) bond motifs is 1. The third-order valence-electron chi connectivity index (χ3n) is 3.65. The molecule has 1 atom stereocenters. The standard InChI is InChI=1S/C15H24N2O2/c1-4-12(7-16-3)8-17-9-13-6-15-14(5-11(13)2)18-10-19-15/h5-6,12,16-17H,4,7-10H2,1-3H3. The summed E-state index contributed by atoms with van der Waals surface area (Å²) in [5.74, 6) is 2.41. The molecule has 0 aliphatic carbocycles. The van der Waals surface area contributed by atoms with E-state index in [2.05, 4.69) is 36.6 Å². The van der Waals surface area contributed by atoms with E-state index in [-0.39, 0.29) is 0 Å². The van der Waals surface area contributed by atoms with Gasteiger partial charge in [-0.05, 0) is 56.2 Å². The molecule has 0 saturated heterocycles. The Morgan fingerprint density at radius 3 is 2.63 bits per heavy atom. The van der Waals surface area contributed by atoms with Crippen LogP contribution in [0.25, 0.3) is 0 Å². The average molecular weight is 264 g/mol. The zero-order valence-corrected chi connectivity index (χ0v) is 12.1. The van der Waals surface area contributed by atoms with Crippen LogP contribution in [0.5, 0.6) is 11.5 Å². The maximum atomic E-state index is 5.42. The molecule has 19 heavy (non-hydrogen) atoms. The maximum absolute atomic E-state index is 5.42. The molecule has 0 saturated carbocycles. The predicted octanol–water partition coefficient (Wildman–Crippen LogP) is 2.06. The number of hydrogen-bond donors (Lipinski definition) is 2. The van der Waals surface area contributed by atoms with Gasteiger partial charge in [0, 0.05) is 6.54 Å². The van der Waals surface area contributed by atoms with E-state index in [1.165, 1.54) is 17.5 Å². The van der Waals surface area contributed by atoms with E-state index < -0.39 is 0 Å². The number of ether oxygens (including phenoxy) is 2. The van der Waals surface area contributed by atoms with Gasteiger partial charge in [0.15, 0.2) is 11.5 Å². The highest BCUT2D eigenvalue weighted by Gasteiger charge is 2.15. The number of hydrogen-bond acceptors (Lipinski definition) is 4. The summed E-state index contributed by atoms with van der Waals surface area (Å²) in [7, 11) is 2.00. The molecule has 0 bridgehead atoms. The van der Waals surface area contributed by atoms with Gasteiger partial charge in [-0.1, -0.05) is 13.3 Å². The first-order valence-electron chi connectivity index (χ1n) is 6.99.